The number of rotatable bonds is 5. The summed E-state index contributed by atoms with van der Waals surface area (Å²) in [7, 11) is 0. The molecular formula is C17H19F2N. The van der Waals surface area contributed by atoms with E-state index in [9.17, 15) is 8.78 Å². The third kappa shape index (κ3) is 3.87. The van der Waals surface area contributed by atoms with Crippen molar-refractivity contribution in [2.45, 2.75) is 26.3 Å². The third-order valence-corrected chi connectivity index (χ3v) is 3.26. The Morgan fingerprint density at radius 3 is 2.35 bits per heavy atom. The standard InChI is InChI=1S/C17H19F2N/c1-3-20-17(8-13-6-4-5-12(2)7-13)14-9-15(18)11-16(19)10-14/h4-7,9-11,17,20H,3,8H2,1-2H3. The van der Waals surface area contributed by atoms with Crippen LogP contribution in [0.25, 0.3) is 0 Å². The Labute approximate surface area is 118 Å². The fourth-order valence-electron chi connectivity index (χ4n) is 2.41. The van der Waals surface area contributed by atoms with Crippen LogP contribution in [0.2, 0.25) is 0 Å². The molecule has 20 heavy (non-hydrogen) atoms. The second-order valence-corrected chi connectivity index (χ2v) is 5.01. The van der Waals surface area contributed by atoms with Gasteiger partial charge < -0.3 is 5.32 Å². The van der Waals surface area contributed by atoms with Crippen LogP contribution >= 0.6 is 0 Å². The molecule has 2 aromatic rings. The molecular weight excluding hydrogens is 256 g/mol. The summed E-state index contributed by atoms with van der Waals surface area (Å²) >= 11 is 0. The van der Waals surface area contributed by atoms with Crippen LogP contribution in [-0.4, -0.2) is 6.54 Å². The van der Waals surface area contributed by atoms with Gasteiger partial charge in [0, 0.05) is 12.1 Å². The summed E-state index contributed by atoms with van der Waals surface area (Å²) in [5.41, 5.74) is 2.98. The smallest absolute Gasteiger partial charge is 0.126 e. The zero-order chi connectivity index (χ0) is 14.5. The largest absolute Gasteiger partial charge is 0.310 e. The second kappa shape index (κ2) is 6.62. The van der Waals surface area contributed by atoms with Crippen LogP contribution in [0.5, 0.6) is 0 Å². The van der Waals surface area contributed by atoms with Gasteiger partial charge >= 0.3 is 0 Å². The highest BCUT2D eigenvalue weighted by atomic mass is 19.1. The number of halogens is 2. The molecule has 3 heteroatoms. The molecule has 0 bridgehead atoms. The highest BCUT2D eigenvalue weighted by molar-refractivity contribution is 5.27. The maximum atomic E-state index is 13.4. The summed E-state index contributed by atoms with van der Waals surface area (Å²) in [6.45, 7) is 4.77. The fraction of sp³-hybridized carbons (Fsp3) is 0.294. The van der Waals surface area contributed by atoms with E-state index in [2.05, 4.69) is 11.4 Å². The van der Waals surface area contributed by atoms with Gasteiger partial charge in [-0.1, -0.05) is 36.8 Å². The van der Waals surface area contributed by atoms with Crippen molar-refractivity contribution in [1.82, 2.24) is 5.32 Å². The molecule has 0 aliphatic rings. The highest BCUT2D eigenvalue weighted by Crippen LogP contribution is 2.21. The van der Waals surface area contributed by atoms with E-state index in [1.807, 2.05) is 32.0 Å². The van der Waals surface area contributed by atoms with E-state index in [0.29, 0.717) is 12.0 Å². The molecule has 0 saturated carbocycles. The molecule has 0 spiro atoms. The van der Waals surface area contributed by atoms with Crippen LogP contribution in [0.4, 0.5) is 8.78 Å². The molecule has 0 aliphatic heterocycles. The Morgan fingerprint density at radius 1 is 1.05 bits per heavy atom. The molecule has 0 heterocycles. The SMILES string of the molecule is CCNC(Cc1cccc(C)c1)c1cc(F)cc(F)c1. The summed E-state index contributed by atoms with van der Waals surface area (Å²) in [6, 6.07) is 11.8. The lowest BCUT2D eigenvalue weighted by Gasteiger charge is -2.19. The average Bonchev–Trinajstić information content (AvgIpc) is 2.37. The molecule has 1 unspecified atom stereocenters. The topological polar surface area (TPSA) is 12.0 Å². The Morgan fingerprint density at radius 2 is 1.75 bits per heavy atom. The van der Waals surface area contributed by atoms with Crippen molar-refractivity contribution in [3.8, 4) is 0 Å². The van der Waals surface area contributed by atoms with Gasteiger partial charge in [-0.3, -0.25) is 0 Å². The number of hydrogen-bond acceptors (Lipinski definition) is 1. The Kier molecular flexibility index (Phi) is 4.85. The molecule has 1 nitrogen and oxygen atoms in total. The van der Waals surface area contributed by atoms with Gasteiger partial charge in [0.25, 0.3) is 0 Å². The van der Waals surface area contributed by atoms with Gasteiger partial charge in [-0.2, -0.15) is 0 Å². The fourth-order valence-corrected chi connectivity index (χ4v) is 2.41. The van der Waals surface area contributed by atoms with Gasteiger partial charge in [0.05, 0.1) is 0 Å². The lowest BCUT2D eigenvalue weighted by Crippen LogP contribution is -2.23. The summed E-state index contributed by atoms with van der Waals surface area (Å²) in [4.78, 5) is 0. The lowest BCUT2D eigenvalue weighted by atomic mass is 9.97. The van der Waals surface area contributed by atoms with Crippen molar-refractivity contribution in [3.05, 3.63) is 70.8 Å². The second-order valence-electron chi connectivity index (χ2n) is 5.01. The van der Waals surface area contributed by atoms with Gasteiger partial charge in [-0.15, -0.1) is 0 Å². The molecule has 0 radical (unpaired) electrons. The maximum absolute atomic E-state index is 13.4. The zero-order valence-electron chi connectivity index (χ0n) is 11.8. The molecule has 0 aromatic heterocycles. The predicted molar refractivity (Wildman–Crippen MR) is 77.7 cm³/mol. The molecule has 0 aliphatic carbocycles. The van der Waals surface area contributed by atoms with E-state index >= 15 is 0 Å². The first-order valence-electron chi connectivity index (χ1n) is 6.83. The van der Waals surface area contributed by atoms with Gasteiger partial charge in [0.15, 0.2) is 0 Å². The monoisotopic (exact) mass is 275 g/mol. The van der Waals surface area contributed by atoms with Crippen LogP contribution < -0.4 is 5.32 Å². The number of likely N-dealkylation sites (N-methyl/N-ethyl adjacent to an activating group) is 1. The van der Waals surface area contributed by atoms with Crippen LogP contribution in [0.3, 0.4) is 0 Å². The third-order valence-electron chi connectivity index (χ3n) is 3.26. The van der Waals surface area contributed by atoms with E-state index < -0.39 is 11.6 Å². The van der Waals surface area contributed by atoms with E-state index in [1.165, 1.54) is 17.7 Å². The van der Waals surface area contributed by atoms with E-state index in [-0.39, 0.29) is 6.04 Å². The molecule has 0 amide bonds. The molecule has 0 saturated heterocycles. The maximum Gasteiger partial charge on any atom is 0.126 e. The quantitative estimate of drug-likeness (QED) is 0.863. The van der Waals surface area contributed by atoms with E-state index in [1.54, 1.807) is 0 Å². The number of hydrogen-bond donors (Lipinski definition) is 1. The molecule has 0 fully saturated rings. The molecule has 2 rings (SSSR count). The summed E-state index contributed by atoms with van der Waals surface area (Å²) < 4.78 is 26.7. The lowest BCUT2D eigenvalue weighted by molar-refractivity contribution is 0.529. The van der Waals surface area contributed by atoms with Crippen molar-refractivity contribution in [2.75, 3.05) is 6.54 Å². The van der Waals surface area contributed by atoms with E-state index in [4.69, 9.17) is 0 Å². The number of aryl methyl sites for hydroxylation is 1. The number of nitrogens with one attached hydrogen (secondary N) is 1. The van der Waals surface area contributed by atoms with Gasteiger partial charge in [-0.05, 0) is 43.1 Å². The molecule has 1 N–H and O–H groups in total. The number of benzene rings is 2. The first-order valence-corrected chi connectivity index (χ1v) is 6.83. The Bertz CT molecular complexity index is 561. The minimum absolute atomic E-state index is 0.0907. The first kappa shape index (κ1) is 14.7. The average molecular weight is 275 g/mol. The van der Waals surface area contributed by atoms with Gasteiger partial charge in [0.2, 0.25) is 0 Å². The Balaban J connectivity index is 2.26. The van der Waals surface area contributed by atoms with Gasteiger partial charge in [0.1, 0.15) is 11.6 Å². The first-order chi connectivity index (χ1) is 9.58. The van der Waals surface area contributed by atoms with Crippen LogP contribution in [-0.2, 0) is 6.42 Å². The van der Waals surface area contributed by atoms with Crippen molar-refractivity contribution < 1.29 is 8.78 Å². The minimum Gasteiger partial charge on any atom is -0.310 e. The van der Waals surface area contributed by atoms with Crippen molar-refractivity contribution in [1.29, 1.82) is 0 Å². The highest BCUT2D eigenvalue weighted by Gasteiger charge is 2.13. The van der Waals surface area contributed by atoms with Crippen molar-refractivity contribution in [3.63, 3.8) is 0 Å². The predicted octanol–water partition coefficient (Wildman–Crippen LogP) is 4.17. The molecule has 1 atom stereocenters. The van der Waals surface area contributed by atoms with Crippen LogP contribution in [0.15, 0.2) is 42.5 Å². The summed E-state index contributed by atoms with van der Waals surface area (Å²) in [5, 5.41) is 3.29. The summed E-state index contributed by atoms with van der Waals surface area (Å²) in [5.74, 6) is -1.07. The molecule has 2 aromatic carbocycles. The summed E-state index contributed by atoms with van der Waals surface area (Å²) in [6.07, 6.45) is 0.707. The van der Waals surface area contributed by atoms with Crippen molar-refractivity contribution >= 4 is 0 Å². The Hall–Kier alpha value is -1.74. The van der Waals surface area contributed by atoms with Crippen LogP contribution in [0, 0.1) is 18.6 Å². The van der Waals surface area contributed by atoms with E-state index in [0.717, 1.165) is 18.2 Å². The van der Waals surface area contributed by atoms with Crippen LogP contribution in [0.1, 0.15) is 29.7 Å². The minimum atomic E-state index is -0.535. The normalized spacial score (nSPS) is 12.4. The molecule has 106 valence electrons. The zero-order valence-corrected chi connectivity index (χ0v) is 11.8. The van der Waals surface area contributed by atoms with Gasteiger partial charge in [-0.25, -0.2) is 8.78 Å². The van der Waals surface area contributed by atoms with Crippen molar-refractivity contribution in [2.24, 2.45) is 0 Å².